The first kappa shape index (κ1) is 28.0. The van der Waals surface area contributed by atoms with Gasteiger partial charge in [0.25, 0.3) is 11.8 Å². The number of nitrogens with two attached hydrogens (primary N) is 1. The van der Waals surface area contributed by atoms with Crippen LogP contribution in [0, 0.1) is 0 Å². The smallest absolute Gasteiger partial charge is 0.407 e. The number of aryl methyl sites for hydroxylation is 1. The number of benzene rings is 1. The molecule has 4 N–H and O–H groups in total. The van der Waals surface area contributed by atoms with Gasteiger partial charge in [-0.25, -0.2) is 13.2 Å². The summed E-state index contributed by atoms with van der Waals surface area (Å²) in [5, 5.41) is 16.6. The third-order valence-corrected chi connectivity index (χ3v) is 7.97. The van der Waals surface area contributed by atoms with Crippen LogP contribution < -0.4 is 15.8 Å². The van der Waals surface area contributed by atoms with E-state index in [1.165, 1.54) is 34.7 Å². The number of aromatic nitrogens is 2. The Balaban J connectivity index is 2.02. The van der Waals surface area contributed by atoms with E-state index in [4.69, 9.17) is 10.5 Å². The van der Waals surface area contributed by atoms with Gasteiger partial charge in [0, 0.05) is 6.54 Å². The number of primary amides is 1. The molecule has 1 aromatic carbocycles. The van der Waals surface area contributed by atoms with E-state index in [1.807, 2.05) is 6.92 Å². The van der Waals surface area contributed by atoms with Gasteiger partial charge in [0.2, 0.25) is 0 Å². The zero-order chi connectivity index (χ0) is 27.3. The van der Waals surface area contributed by atoms with Crippen LogP contribution in [0.1, 0.15) is 66.6 Å². The number of hydrogen-bond acceptors (Lipinski definition) is 7. The Hall–Kier alpha value is -3.61. The molecule has 1 aliphatic heterocycles. The van der Waals surface area contributed by atoms with Crippen molar-refractivity contribution in [3.63, 3.8) is 0 Å². The van der Waals surface area contributed by atoms with Crippen molar-refractivity contribution in [1.29, 1.82) is 0 Å². The highest BCUT2D eigenvalue weighted by Crippen LogP contribution is 2.29. The standard InChI is InChI=1S/C24H33N5O7S/c1-4-12-36-19-10-9-16(37(34,35)6-3)13-17(19)23(31)26-20-18(5-2)27-29(21(20)22(25)30)14-15-8-7-11-28(15)24(32)33/h9-10,13,15H,4-8,11-12,14H2,1-3H3,(H2,25,30)(H,26,31)(H,32,33)/t15-/m0/s1. The number of carboxylic acid groups (broad SMARTS) is 1. The van der Waals surface area contributed by atoms with Gasteiger partial charge in [0.15, 0.2) is 9.84 Å². The van der Waals surface area contributed by atoms with Gasteiger partial charge in [0.05, 0.1) is 46.8 Å². The number of hydrogen-bond donors (Lipinski definition) is 3. The maximum atomic E-state index is 13.4. The zero-order valence-corrected chi connectivity index (χ0v) is 22.0. The number of rotatable bonds is 11. The molecule has 1 aliphatic rings. The first-order valence-electron chi connectivity index (χ1n) is 12.2. The van der Waals surface area contributed by atoms with Gasteiger partial charge in [-0.2, -0.15) is 5.10 Å². The van der Waals surface area contributed by atoms with E-state index in [2.05, 4.69) is 10.4 Å². The molecule has 12 nitrogen and oxygen atoms in total. The predicted octanol–water partition coefficient (Wildman–Crippen LogP) is 2.52. The molecular formula is C24H33N5O7S. The highest BCUT2D eigenvalue weighted by Gasteiger charge is 2.32. The van der Waals surface area contributed by atoms with Crippen molar-refractivity contribution in [3.8, 4) is 5.75 Å². The number of nitrogens with zero attached hydrogens (tertiary/aromatic N) is 3. The van der Waals surface area contributed by atoms with Crippen molar-refractivity contribution in [2.45, 2.75) is 63.9 Å². The van der Waals surface area contributed by atoms with Crippen LogP contribution in [-0.2, 0) is 22.8 Å². The fourth-order valence-electron chi connectivity index (χ4n) is 4.32. The first-order valence-corrected chi connectivity index (χ1v) is 13.9. The first-order chi connectivity index (χ1) is 17.5. The normalized spacial score (nSPS) is 15.5. The van der Waals surface area contributed by atoms with E-state index in [0.29, 0.717) is 44.5 Å². The van der Waals surface area contributed by atoms with Gasteiger partial charge in [-0.3, -0.25) is 14.3 Å². The van der Waals surface area contributed by atoms with E-state index < -0.39 is 33.8 Å². The molecule has 0 saturated carbocycles. The lowest BCUT2D eigenvalue weighted by Crippen LogP contribution is -2.38. The average Bonchev–Trinajstić information content (AvgIpc) is 3.47. The molecule has 2 aromatic rings. The molecular weight excluding hydrogens is 502 g/mol. The molecule has 3 amide bonds. The van der Waals surface area contributed by atoms with Crippen molar-refractivity contribution in [3.05, 3.63) is 35.2 Å². The molecule has 202 valence electrons. The van der Waals surface area contributed by atoms with Gasteiger partial charge in [0.1, 0.15) is 11.4 Å². The lowest BCUT2D eigenvalue weighted by atomic mass is 10.1. The maximum absolute atomic E-state index is 13.4. The maximum Gasteiger partial charge on any atom is 0.407 e. The van der Waals surface area contributed by atoms with Crippen LogP contribution in [-0.4, -0.2) is 71.1 Å². The molecule has 1 fully saturated rings. The summed E-state index contributed by atoms with van der Waals surface area (Å²) in [6.45, 7) is 5.99. The molecule has 1 saturated heterocycles. The summed E-state index contributed by atoms with van der Waals surface area (Å²) in [5.74, 6) is -1.48. The van der Waals surface area contributed by atoms with E-state index in [0.717, 1.165) is 0 Å². The summed E-state index contributed by atoms with van der Waals surface area (Å²) in [7, 11) is -3.60. The van der Waals surface area contributed by atoms with E-state index in [1.54, 1.807) is 6.92 Å². The summed E-state index contributed by atoms with van der Waals surface area (Å²) in [5.41, 5.74) is 6.09. The van der Waals surface area contributed by atoms with Crippen LogP contribution in [0.4, 0.5) is 10.5 Å². The van der Waals surface area contributed by atoms with Crippen LogP contribution >= 0.6 is 0 Å². The van der Waals surface area contributed by atoms with Crippen LogP contribution in [0.2, 0.25) is 0 Å². The van der Waals surface area contributed by atoms with Crippen molar-refractivity contribution >= 4 is 33.4 Å². The van der Waals surface area contributed by atoms with Crippen molar-refractivity contribution in [2.24, 2.45) is 5.73 Å². The number of ether oxygens (including phenoxy) is 1. The number of anilines is 1. The second-order valence-corrected chi connectivity index (χ2v) is 11.0. The lowest BCUT2D eigenvalue weighted by Gasteiger charge is -2.22. The minimum absolute atomic E-state index is 0.0129. The molecule has 1 atom stereocenters. The SMILES string of the molecule is CCCOc1ccc(S(=O)(=O)CC)cc1C(=O)Nc1c(CC)nn(C[C@@H]2CCCN2C(=O)O)c1C(N)=O. The average molecular weight is 536 g/mol. The molecule has 37 heavy (non-hydrogen) atoms. The minimum Gasteiger partial charge on any atom is -0.493 e. The summed E-state index contributed by atoms with van der Waals surface area (Å²) >= 11 is 0. The third-order valence-electron chi connectivity index (χ3n) is 6.23. The summed E-state index contributed by atoms with van der Waals surface area (Å²) in [6.07, 6.45) is 1.25. The van der Waals surface area contributed by atoms with Gasteiger partial charge in [-0.05, 0) is 43.9 Å². The van der Waals surface area contributed by atoms with Gasteiger partial charge >= 0.3 is 6.09 Å². The second-order valence-electron chi connectivity index (χ2n) is 8.71. The van der Waals surface area contributed by atoms with Crippen LogP contribution in [0.25, 0.3) is 0 Å². The molecule has 3 rings (SSSR count). The van der Waals surface area contributed by atoms with E-state index in [-0.39, 0.29) is 39.9 Å². The van der Waals surface area contributed by atoms with Crippen LogP contribution in [0.3, 0.4) is 0 Å². The number of nitrogens with one attached hydrogen (secondary N) is 1. The molecule has 0 radical (unpaired) electrons. The Kier molecular flexibility index (Phi) is 8.79. The zero-order valence-electron chi connectivity index (χ0n) is 21.2. The van der Waals surface area contributed by atoms with Gasteiger partial charge in [-0.15, -0.1) is 0 Å². The fraction of sp³-hybridized carbons (Fsp3) is 0.500. The lowest BCUT2D eigenvalue weighted by molar-refractivity contribution is 0.0988. The summed E-state index contributed by atoms with van der Waals surface area (Å²) < 4.78 is 31.9. The Bertz CT molecular complexity index is 1290. The monoisotopic (exact) mass is 535 g/mol. The number of sulfone groups is 1. The van der Waals surface area contributed by atoms with Crippen LogP contribution in [0.15, 0.2) is 23.1 Å². The van der Waals surface area contributed by atoms with E-state index in [9.17, 15) is 27.9 Å². The molecule has 1 aromatic heterocycles. The summed E-state index contributed by atoms with van der Waals surface area (Å²) in [6, 6.07) is 3.68. The molecule has 0 spiro atoms. The van der Waals surface area contributed by atoms with E-state index >= 15 is 0 Å². The third kappa shape index (κ3) is 6.04. The van der Waals surface area contributed by atoms with Crippen molar-refractivity contribution in [1.82, 2.24) is 14.7 Å². The topological polar surface area (TPSA) is 174 Å². The number of likely N-dealkylation sites (tertiary alicyclic amines) is 1. The molecule has 2 heterocycles. The Morgan fingerprint density at radius 1 is 1.24 bits per heavy atom. The molecule has 0 bridgehead atoms. The highest BCUT2D eigenvalue weighted by molar-refractivity contribution is 7.91. The Morgan fingerprint density at radius 3 is 2.57 bits per heavy atom. The number of amides is 3. The van der Waals surface area contributed by atoms with Gasteiger partial charge < -0.3 is 25.8 Å². The Morgan fingerprint density at radius 2 is 1.97 bits per heavy atom. The summed E-state index contributed by atoms with van der Waals surface area (Å²) in [4.78, 5) is 38.8. The van der Waals surface area contributed by atoms with Crippen molar-refractivity contribution in [2.75, 3.05) is 24.2 Å². The molecule has 13 heteroatoms. The van der Waals surface area contributed by atoms with Crippen molar-refractivity contribution < 1.29 is 32.6 Å². The minimum atomic E-state index is -3.60. The molecule has 0 unspecified atom stereocenters. The van der Waals surface area contributed by atoms with Crippen LogP contribution in [0.5, 0.6) is 5.75 Å². The predicted molar refractivity (Wildman–Crippen MR) is 136 cm³/mol. The number of carbonyl (C=O) groups is 3. The quantitative estimate of drug-likeness (QED) is 0.393. The highest BCUT2D eigenvalue weighted by atomic mass is 32.2. The number of carbonyl (C=O) groups excluding carboxylic acids is 2. The van der Waals surface area contributed by atoms with Gasteiger partial charge in [-0.1, -0.05) is 20.8 Å². The molecule has 0 aliphatic carbocycles. The largest absolute Gasteiger partial charge is 0.493 e. The Labute approximate surface area is 215 Å². The fourth-order valence-corrected chi connectivity index (χ4v) is 5.22. The second kappa shape index (κ2) is 11.6.